The summed E-state index contributed by atoms with van der Waals surface area (Å²) in [5.74, 6) is 0. The summed E-state index contributed by atoms with van der Waals surface area (Å²) in [6.07, 6.45) is 0. The lowest BCUT2D eigenvalue weighted by atomic mass is 9.86. The summed E-state index contributed by atoms with van der Waals surface area (Å²) < 4.78 is 3.71. The maximum atomic E-state index is 2.39. The Balaban J connectivity index is 1.29. The van der Waals surface area contributed by atoms with Crippen molar-refractivity contribution >= 4 is 54.0 Å². The minimum atomic E-state index is 1.16. The van der Waals surface area contributed by atoms with Crippen molar-refractivity contribution in [1.82, 2.24) is 4.57 Å². The lowest BCUT2D eigenvalue weighted by molar-refractivity contribution is 1.18. The third-order valence-electron chi connectivity index (χ3n) is 10.0. The minimum Gasteiger partial charge on any atom is -0.309 e. The van der Waals surface area contributed by atoms with E-state index in [2.05, 4.69) is 193 Å². The second-order valence-electron chi connectivity index (χ2n) is 12.8. The molecule has 8 aromatic carbocycles. The fraction of sp³-hybridized carbons (Fsp3) is 0. The molecule has 0 aliphatic carbocycles. The second-order valence-corrected chi connectivity index (χ2v) is 13.8. The Hall–Kier alpha value is -6.22. The van der Waals surface area contributed by atoms with Crippen LogP contribution < -0.4 is 0 Å². The van der Waals surface area contributed by atoms with E-state index in [9.17, 15) is 0 Å². The van der Waals surface area contributed by atoms with E-state index >= 15 is 0 Å². The molecule has 0 unspecified atom stereocenters. The van der Waals surface area contributed by atoms with Crippen molar-refractivity contribution < 1.29 is 0 Å². The predicted octanol–water partition coefficient (Wildman–Crippen LogP) is 13.8. The molecule has 0 aliphatic rings. The Labute approximate surface area is 295 Å². The van der Waals surface area contributed by atoms with Gasteiger partial charge in [-0.05, 0) is 62.9 Å². The van der Waals surface area contributed by atoms with Crippen LogP contribution in [0.1, 0.15) is 0 Å². The van der Waals surface area contributed by atoms with Gasteiger partial charge in [-0.15, -0.1) is 11.3 Å². The fourth-order valence-electron chi connectivity index (χ4n) is 7.86. The summed E-state index contributed by atoms with van der Waals surface area (Å²) in [7, 11) is 0. The molecule has 234 valence electrons. The van der Waals surface area contributed by atoms with E-state index in [1.54, 1.807) is 0 Å². The van der Waals surface area contributed by atoms with Gasteiger partial charge in [-0.25, -0.2) is 0 Å². The van der Waals surface area contributed by atoms with Gasteiger partial charge in [-0.2, -0.15) is 0 Å². The van der Waals surface area contributed by atoms with Gasteiger partial charge in [0.1, 0.15) is 0 Å². The molecule has 10 aromatic rings. The molecule has 2 heteroatoms. The van der Waals surface area contributed by atoms with E-state index in [-0.39, 0.29) is 0 Å². The van der Waals surface area contributed by atoms with Crippen LogP contribution in [0, 0.1) is 0 Å². The van der Waals surface area contributed by atoms with Crippen molar-refractivity contribution in [3.05, 3.63) is 188 Å². The summed E-state index contributed by atoms with van der Waals surface area (Å²) in [6, 6.07) is 68.4. The smallest absolute Gasteiger partial charge is 0.0541 e. The van der Waals surface area contributed by atoms with E-state index in [0.717, 1.165) is 5.69 Å². The summed E-state index contributed by atoms with van der Waals surface area (Å²) in [5.41, 5.74) is 12.4. The van der Waals surface area contributed by atoms with Gasteiger partial charge in [0.05, 0.1) is 11.0 Å². The molecule has 0 atom stereocenters. The van der Waals surface area contributed by atoms with Crippen molar-refractivity contribution in [2.45, 2.75) is 0 Å². The Morgan fingerprint density at radius 1 is 0.320 bits per heavy atom. The highest BCUT2D eigenvalue weighted by Gasteiger charge is 2.25. The zero-order valence-corrected chi connectivity index (χ0v) is 28.1. The predicted molar refractivity (Wildman–Crippen MR) is 215 cm³/mol. The molecule has 50 heavy (non-hydrogen) atoms. The van der Waals surface area contributed by atoms with Gasteiger partial charge in [0.15, 0.2) is 0 Å². The van der Waals surface area contributed by atoms with Gasteiger partial charge in [0.25, 0.3) is 0 Å². The molecule has 0 aliphatic heterocycles. The molecular weight excluding hydrogens is 623 g/mol. The molecule has 0 spiro atoms. The Morgan fingerprint density at radius 2 is 0.760 bits per heavy atom. The number of benzene rings is 8. The van der Waals surface area contributed by atoms with E-state index < -0.39 is 0 Å². The highest BCUT2D eigenvalue weighted by molar-refractivity contribution is 7.24. The maximum absolute atomic E-state index is 2.39. The van der Waals surface area contributed by atoms with Crippen LogP contribution in [0.2, 0.25) is 0 Å². The highest BCUT2D eigenvalue weighted by atomic mass is 32.1. The zero-order valence-electron chi connectivity index (χ0n) is 27.3. The van der Waals surface area contributed by atoms with Crippen LogP contribution in [-0.4, -0.2) is 4.57 Å². The van der Waals surface area contributed by atoms with Crippen molar-refractivity contribution in [2.75, 3.05) is 0 Å². The minimum absolute atomic E-state index is 1.16. The molecule has 10 rings (SSSR count). The van der Waals surface area contributed by atoms with Crippen LogP contribution in [0.25, 0.3) is 92.2 Å². The molecule has 1 nitrogen and oxygen atoms in total. The highest BCUT2D eigenvalue weighted by Crippen LogP contribution is 2.54. The summed E-state index contributed by atoms with van der Waals surface area (Å²) in [5, 5.41) is 6.42. The van der Waals surface area contributed by atoms with E-state index in [4.69, 9.17) is 0 Å². The lowest BCUT2D eigenvalue weighted by Crippen LogP contribution is -1.93. The van der Waals surface area contributed by atoms with Crippen molar-refractivity contribution in [3.8, 4) is 49.5 Å². The lowest BCUT2D eigenvalue weighted by Gasteiger charge is -2.17. The van der Waals surface area contributed by atoms with Gasteiger partial charge in [0.2, 0.25) is 0 Å². The molecule has 0 saturated heterocycles. The first kappa shape index (κ1) is 28.8. The summed E-state index contributed by atoms with van der Waals surface area (Å²) in [6.45, 7) is 0. The van der Waals surface area contributed by atoms with Crippen molar-refractivity contribution in [3.63, 3.8) is 0 Å². The SMILES string of the molecule is c1ccc(-c2c(-c3ccccc3)c3sc(-c4ccc(-n5c6ccccc6c6ccccc65)cc4)c(-c4ccccc4)c3c3ccccc23)cc1. The van der Waals surface area contributed by atoms with Crippen molar-refractivity contribution in [1.29, 1.82) is 0 Å². The Morgan fingerprint density at radius 3 is 1.32 bits per heavy atom. The monoisotopic (exact) mass is 653 g/mol. The molecule has 0 bridgehead atoms. The van der Waals surface area contributed by atoms with Crippen LogP contribution in [-0.2, 0) is 0 Å². The molecule has 0 fully saturated rings. The maximum Gasteiger partial charge on any atom is 0.0541 e. The number of hydrogen-bond acceptors (Lipinski definition) is 1. The Kier molecular flexibility index (Phi) is 6.75. The number of hydrogen-bond donors (Lipinski definition) is 0. The quantitative estimate of drug-likeness (QED) is 0.174. The van der Waals surface area contributed by atoms with Crippen molar-refractivity contribution in [2.24, 2.45) is 0 Å². The third kappa shape index (κ3) is 4.46. The number of aromatic nitrogens is 1. The molecular formula is C48H31NS. The third-order valence-corrected chi connectivity index (χ3v) is 11.3. The standard InChI is InChI=1S/C48H31NS/c1-4-16-32(17-5-1)43-39-24-10-11-25-40(39)46-45(34-20-8-3-9-21-34)47(50-48(46)44(43)33-18-6-2-7-19-33)35-28-30-36(31-29-35)49-41-26-14-12-22-37(41)38-23-13-15-27-42(38)49/h1-31H. The number of thiophene rings is 1. The molecule has 0 amide bonds. The average Bonchev–Trinajstić information content (AvgIpc) is 3.76. The van der Waals surface area contributed by atoms with Gasteiger partial charge in [0, 0.05) is 42.6 Å². The fourth-order valence-corrected chi connectivity index (χ4v) is 9.28. The van der Waals surface area contributed by atoms with Gasteiger partial charge in [-0.1, -0.05) is 164 Å². The first-order valence-electron chi connectivity index (χ1n) is 17.1. The molecule has 0 N–H and O–H groups in total. The topological polar surface area (TPSA) is 4.93 Å². The molecule has 2 heterocycles. The van der Waals surface area contributed by atoms with Crippen LogP contribution in [0.15, 0.2) is 188 Å². The van der Waals surface area contributed by atoms with Gasteiger partial charge in [-0.3, -0.25) is 0 Å². The number of rotatable bonds is 5. The zero-order chi connectivity index (χ0) is 33.0. The largest absolute Gasteiger partial charge is 0.309 e. The van der Waals surface area contributed by atoms with E-state index in [1.165, 1.54) is 86.5 Å². The van der Waals surface area contributed by atoms with Gasteiger partial charge < -0.3 is 4.57 Å². The first-order valence-corrected chi connectivity index (χ1v) is 17.9. The number of fused-ring (bicyclic) bond motifs is 6. The summed E-state index contributed by atoms with van der Waals surface area (Å²) in [4.78, 5) is 1.28. The van der Waals surface area contributed by atoms with E-state index in [0.29, 0.717) is 0 Å². The van der Waals surface area contributed by atoms with Crippen LogP contribution in [0.5, 0.6) is 0 Å². The molecule has 0 radical (unpaired) electrons. The summed E-state index contributed by atoms with van der Waals surface area (Å²) >= 11 is 1.92. The molecule has 2 aromatic heterocycles. The van der Waals surface area contributed by atoms with Crippen LogP contribution in [0.3, 0.4) is 0 Å². The normalized spacial score (nSPS) is 11.6. The second kappa shape index (κ2) is 11.7. The van der Waals surface area contributed by atoms with Gasteiger partial charge >= 0.3 is 0 Å². The van der Waals surface area contributed by atoms with E-state index in [1.807, 2.05) is 11.3 Å². The number of para-hydroxylation sites is 2. The average molecular weight is 654 g/mol. The van der Waals surface area contributed by atoms with Crippen LogP contribution in [0.4, 0.5) is 0 Å². The first-order chi connectivity index (χ1) is 24.8. The Bertz CT molecular complexity index is 2770. The molecule has 0 saturated carbocycles. The number of nitrogens with zero attached hydrogens (tertiary/aromatic N) is 1. The van der Waals surface area contributed by atoms with Crippen LogP contribution >= 0.6 is 11.3 Å².